The number of aromatic amines is 1. The first kappa shape index (κ1) is 24.2. The normalized spacial score (nSPS) is 23.9. The maximum Gasteiger partial charge on any atom is 0.436 e. The summed E-state index contributed by atoms with van der Waals surface area (Å²) in [6.45, 7) is 1.47. The van der Waals surface area contributed by atoms with E-state index in [2.05, 4.69) is 29.9 Å². The first-order valence-electron chi connectivity index (χ1n) is 12.7. The van der Waals surface area contributed by atoms with Gasteiger partial charge in [0.05, 0.1) is 17.5 Å². The molecular weight excluding hydrogens is 516 g/mol. The van der Waals surface area contributed by atoms with E-state index in [1.807, 2.05) is 23.1 Å². The summed E-state index contributed by atoms with van der Waals surface area (Å²) >= 11 is 0. The Kier molecular flexibility index (Phi) is 5.48. The molecule has 2 unspecified atom stereocenters. The minimum atomic E-state index is -4.96. The van der Waals surface area contributed by atoms with Crippen LogP contribution in [-0.4, -0.2) is 76.6 Å². The van der Waals surface area contributed by atoms with Crippen molar-refractivity contribution in [1.82, 2.24) is 39.5 Å². The number of halogens is 4. The van der Waals surface area contributed by atoms with E-state index < -0.39 is 29.2 Å². The molecule has 3 aliphatic rings. The van der Waals surface area contributed by atoms with E-state index >= 15 is 0 Å². The summed E-state index contributed by atoms with van der Waals surface area (Å²) in [4.78, 5) is 32.0. The molecule has 2 bridgehead atoms. The van der Waals surface area contributed by atoms with Crippen molar-refractivity contribution in [3.8, 4) is 11.3 Å². The van der Waals surface area contributed by atoms with Crippen molar-refractivity contribution in [3.63, 3.8) is 0 Å². The quantitative estimate of drug-likeness (QED) is 0.395. The molecule has 4 aromatic rings. The third-order valence-electron chi connectivity index (χ3n) is 8.15. The van der Waals surface area contributed by atoms with Gasteiger partial charge in [0.1, 0.15) is 18.0 Å². The van der Waals surface area contributed by atoms with Crippen molar-refractivity contribution < 1.29 is 22.4 Å². The monoisotopic (exact) mass is 539 g/mol. The number of hydrogen-bond acceptors (Lipinski definition) is 6. The van der Waals surface area contributed by atoms with Crippen LogP contribution >= 0.6 is 0 Å². The minimum absolute atomic E-state index is 0.134. The predicted molar refractivity (Wildman–Crippen MR) is 131 cm³/mol. The summed E-state index contributed by atoms with van der Waals surface area (Å²) < 4.78 is 55.9. The fourth-order valence-corrected chi connectivity index (χ4v) is 6.27. The van der Waals surface area contributed by atoms with E-state index in [-0.39, 0.29) is 18.1 Å². The molecule has 3 saturated heterocycles. The van der Waals surface area contributed by atoms with Gasteiger partial charge in [0.2, 0.25) is 0 Å². The molecular formula is C26H23F4N8O. The van der Waals surface area contributed by atoms with Crippen molar-refractivity contribution in [2.75, 3.05) is 13.1 Å². The van der Waals surface area contributed by atoms with E-state index in [1.54, 1.807) is 11.1 Å². The molecule has 39 heavy (non-hydrogen) atoms. The Morgan fingerprint density at radius 1 is 1.03 bits per heavy atom. The van der Waals surface area contributed by atoms with Crippen LogP contribution < -0.4 is 0 Å². The molecule has 9 nitrogen and oxygen atoms in total. The lowest BCUT2D eigenvalue weighted by Crippen LogP contribution is -2.59. The molecule has 0 aliphatic carbocycles. The van der Waals surface area contributed by atoms with Gasteiger partial charge in [0, 0.05) is 60.8 Å². The van der Waals surface area contributed by atoms with Crippen LogP contribution in [0.1, 0.15) is 41.7 Å². The zero-order valence-corrected chi connectivity index (χ0v) is 20.6. The van der Waals surface area contributed by atoms with Crippen molar-refractivity contribution in [1.29, 1.82) is 0 Å². The van der Waals surface area contributed by atoms with E-state index in [1.165, 1.54) is 6.33 Å². The van der Waals surface area contributed by atoms with Gasteiger partial charge < -0.3 is 9.88 Å². The van der Waals surface area contributed by atoms with Crippen LogP contribution in [0.4, 0.5) is 17.6 Å². The number of fused-ring (bicyclic) bond motifs is 3. The van der Waals surface area contributed by atoms with Gasteiger partial charge in [0.15, 0.2) is 11.5 Å². The van der Waals surface area contributed by atoms with Crippen LogP contribution in [0.15, 0.2) is 43.2 Å². The van der Waals surface area contributed by atoms with Crippen LogP contribution in [0, 0.1) is 11.9 Å². The summed E-state index contributed by atoms with van der Waals surface area (Å²) in [5, 5.41) is 5.46. The molecule has 13 heteroatoms. The lowest BCUT2D eigenvalue weighted by Gasteiger charge is -2.49. The van der Waals surface area contributed by atoms with E-state index in [4.69, 9.17) is 0 Å². The lowest BCUT2D eigenvalue weighted by molar-refractivity contribution is -0.143. The van der Waals surface area contributed by atoms with E-state index in [9.17, 15) is 22.4 Å². The average Bonchev–Trinajstić information content (AvgIpc) is 3.60. The number of amides is 1. The highest BCUT2D eigenvalue weighted by atomic mass is 19.4. The number of alkyl halides is 3. The number of piperidine rings is 1. The number of nitrogens with one attached hydrogen (secondary N) is 1. The summed E-state index contributed by atoms with van der Waals surface area (Å²) in [7, 11) is 0. The van der Waals surface area contributed by atoms with Crippen molar-refractivity contribution in [2.45, 2.75) is 50.0 Å². The van der Waals surface area contributed by atoms with Crippen LogP contribution in [0.25, 0.3) is 22.3 Å². The Morgan fingerprint density at radius 2 is 1.79 bits per heavy atom. The molecule has 3 aliphatic heterocycles. The second-order valence-corrected chi connectivity index (χ2v) is 10.3. The topological polar surface area (TPSA) is 95.8 Å². The fourth-order valence-electron chi connectivity index (χ4n) is 6.27. The number of carbonyl (C=O) groups excluding carboxylic acids is 1. The van der Waals surface area contributed by atoms with Gasteiger partial charge in [-0.1, -0.05) is 0 Å². The minimum Gasteiger partial charge on any atom is -0.346 e. The van der Waals surface area contributed by atoms with E-state index in [0.29, 0.717) is 12.8 Å². The molecule has 1 N–H and O–H groups in total. The number of rotatable bonds is 4. The molecule has 0 aromatic carbocycles. The highest BCUT2D eigenvalue weighted by Crippen LogP contribution is 2.41. The standard InChI is InChI=1S/C26H23F4N8O/c27-21-19(3-5-31-23(21)26(28,29)30)25(39)38-15-1-2-16(38)8-17(7-15)36-11-18(12-36)37-10-14(9-35-37)22-20-4-6-32-24(20)34-13-33-22/h3-6,9-10,13,15-17H,1-2,7-8,11-12H2,(H,32,33,34). The first-order chi connectivity index (χ1) is 18.8. The first-order valence-corrected chi connectivity index (χ1v) is 12.7. The zero-order valence-electron chi connectivity index (χ0n) is 20.6. The van der Waals surface area contributed by atoms with Gasteiger partial charge >= 0.3 is 6.18 Å². The highest BCUT2D eigenvalue weighted by molar-refractivity contribution is 5.95. The molecule has 201 valence electrons. The Labute approximate surface area is 219 Å². The van der Waals surface area contributed by atoms with Gasteiger partial charge in [-0.05, 0) is 37.8 Å². The van der Waals surface area contributed by atoms with E-state index in [0.717, 1.165) is 66.5 Å². The molecule has 7 rings (SSSR count). The molecule has 4 aromatic heterocycles. The number of nitrogens with zero attached hydrogens (tertiary/aromatic N) is 7. The largest absolute Gasteiger partial charge is 0.436 e. The maximum atomic E-state index is 14.6. The Bertz CT molecular complexity index is 1540. The SMILES string of the molecule is O=C(c1ccnc(C(F)(F)F)c1F)N1C2CCC1CC(N1C[C](n3cc(-c4ncnc5[nH]ccc45)cn3)C1)C2. The van der Waals surface area contributed by atoms with Crippen molar-refractivity contribution in [3.05, 3.63) is 66.4 Å². The van der Waals surface area contributed by atoms with Gasteiger partial charge in [0.25, 0.3) is 5.91 Å². The lowest BCUT2D eigenvalue weighted by atomic mass is 9.92. The molecule has 3 fully saturated rings. The number of likely N-dealkylation sites (tertiary alicyclic amines) is 1. The molecule has 1 amide bonds. The van der Waals surface area contributed by atoms with Crippen LogP contribution in [0.5, 0.6) is 0 Å². The van der Waals surface area contributed by atoms with Crippen LogP contribution in [0.3, 0.4) is 0 Å². The number of carbonyl (C=O) groups is 1. The van der Waals surface area contributed by atoms with Crippen molar-refractivity contribution >= 4 is 16.9 Å². The molecule has 2 atom stereocenters. The second kappa shape index (κ2) is 8.83. The molecule has 7 heterocycles. The fraction of sp³-hybridized carbons (Fsp3) is 0.385. The average molecular weight is 540 g/mol. The number of hydrogen-bond donors (Lipinski definition) is 1. The summed E-state index contributed by atoms with van der Waals surface area (Å²) in [6, 6.07) is 4.08. The second-order valence-electron chi connectivity index (χ2n) is 10.3. The van der Waals surface area contributed by atoms with Gasteiger partial charge in [-0.3, -0.25) is 14.4 Å². The number of H-pyrrole nitrogens is 1. The Morgan fingerprint density at radius 3 is 2.54 bits per heavy atom. The third-order valence-corrected chi connectivity index (χ3v) is 8.15. The molecule has 0 saturated carbocycles. The molecule has 0 spiro atoms. The smallest absolute Gasteiger partial charge is 0.346 e. The summed E-state index contributed by atoms with van der Waals surface area (Å²) in [5.74, 6) is -2.29. The number of pyridine rings is 1. The zero-order chi connectivity index (χ0) is 26.9. The third kappa shape index (κ3) is 3.98. The Hall–Kier alpha value is -3.87. The highest BCUT2D eigenvalue weighted by Gasteiger charge is 2.48. The van der Waals surface area contributed by atoms with Gasteiger partial charge in [-0.15, -0.1) is 0 Å². The van der Waals surface area contributed by atoms with Gasteiger partial charge in [-0.2, -0.15) is 18.3 Å². The molecule has 1 radical (unpaired) electrons. The van der Waals surface area contributed by atoms with Crippen LogP contribution in [-0.2, 0) is 6.18 Å². The summed E-state index contributed by atoms with van der Waals surface area (Å²) in [5.41, 5.74) is 0.253. The van der Waals surface area contributed by atoms with Gasteiger partial charge in [-0.25, -0.2) is 19.3 Å². The predicted octanol–water partition coefficient (Wildman–Crippen LogP) is 3.91. The maximum absolute atomic E-state index is 14.6. The summed E-state index contributed by atoms with van der Waals surface area (Å²) in [6.07, 6.45) is 5.89. The van der Waals surface area contributed by atoms with Crippen molar-refractivity contribution in [2.24, 2.45) is 0 Å². The number of aromatic nitrogens is 6. The van der Waals surface area contributed by atoms with Crippen LogP contribution in [0.2, 0.25) is 0 Å². The Balaban J connectivity index is 1.02.